The maximum absolute atomic E-state index is 11.9. The normalized spacial score (nSPS) is 22.0. The Hall–Kier alpha value is -1.06. The van der Waals surface area contributed by atoms with E-state index >= 15 is 0 Å². The van der Waals surface area contributed by atoms with Gasteiger partial charge in [-0.1, -0.05) is 96.8 Å². The van der Waals surface area contributed by atoms with E-state index in [9.17, 15) is 9.59 Å². The molecule has 158 valence electrons. The molecule has 0 aromatic carbocycles. The number of carbonyl (C=O) groups excluding carboxylic acids is 2. The highest BCUT2D eigenvalue weighted by Gasteiger charge is 2.44. The van der Waals surface area contributed by atoms with E-state index in [0.717, 1.165) is 19.3 Å². The summed E-state index contributed by atoms with van der Waals surface area (Å²) in [6.07, 6.45) is 18.5. The molecule has 0 saturated carbocycles. The summed E-state index contributed by atoms with van der Waals surface area (Å²) in [6, 6.07) is 0. The van der Waals surface area contributed by atoms with Crippen molar-refractivity contribution in [2.75, 3.05) is 0 Å². The second-order valence-electron chi connectivity index (χ2n) is 8.21. The molecular weight excluding hydrogens is 340 g/mol. The SMILES string of the molecule is CCCCCCCCCCCCCCCCC1C(=O)OC(C)C1OC(C)=O. The van der Waals surface area contributed by atoms with Gasteiger partial charge in [-0.25, -0.2) is 0 Å². The molecule has 1 aliphatic rings. The van der Waals surface area contributed by atoms with Gasteiger partial charge in [0.15, 0.2) is 6.10 Å². The average molecular weight is 383 g/mol. The Balaban J connectivity index is 1.95. The van der Waals surface area contributed by atoms with Crippen LogP contribution in [0.15, 0.2) is 0 Å². The lowest BCUT2D eigenvalue weighted by Gasteiger charge is -2.18. The zero-order valence-electron chi connectivity index (χ0n) is 18.0. The number of hydrogen-bond donors (Lipinski definition) is 0. The first kappa shape index (κ1) is 24.0. The van der Waals surface area contributed by atoms with Gasteiger partial charge in [-0.15, -0.1) is 0 Å². The van der Waals surface area contributed by atoms with E-state index in [1.165, 1.54) is 84.0 Å². The third kappa shape index (κ3) is 10.8. The summed E-state index contributed by atoms with van der Waals surface area (Å²) in [6.45, 7) is 5.46. The highest BCUT2D eigenvalue weighted by atomic mass is 16.6. The number of hydrogen-bond acceptors (Lipinski definition) is 4. The maximum atomic E-state index is 11.9. The Kier molecular flexibility index (Phi) is 13.3. The summed E-state index contributed by atoms with van der Waals surface area (Å²) in [5, 5.41) is 0. The van der Waals surface area contributed by atoms with E-state index in [1.807, 2.05) is 0 Å². The molecule has 0 aromatic heterocycles. The summed E-state index contributed by atoms with van der Waals surface area (Å²) in [5.74, 6) is -0.819. The zero-order valence-corrected chi connectivity index (χ0v) is 18.0. The molecule has 0 bridgehead atoms. The Morgan fingerprint density at radius 3 is 1.74 bits per heavy atom. The Morgan fingerprint density at radius 2 is 1.30 bits per heavy atom. The van der Waals surface area contributed by atoms with E-state index in [1.54, 1.807) is 6.92 Å². The van der Waals surface area contributed by atoms with E-state index in [2.05, 4.69) is 6.92 Å². The molecule has 4 nitrogen and oxygen atoms in total. The summed E-state index contributed by atoms with van der Waals surface area (Å²) >= 11 is 0. The van der Waals surface area contributed by atoms with Crippen LogP contribution in [0, 0.1) is 5.92 Å². The highest BCUT2D eigenvalue weighted by Crippen LogP contribution is 2.29. The second kappa shape index (κ2) is 14.9. The molecule has 0 N–H and O–H groups in total. The van der Waals surface area contributed by atoms with Crippen molar-refractivity contribution in [1.29, 1.82) is 0 Å². The van der Waals surface area contributed by atoms with Crippen LogP contribution in [-0.4, -0.2) is 24.1 Å². The van der Waals surface area contributed by atoms with Gasteiger partial charge in [-0.2, -0.15) is 0 Å². The molecular formula is C23H42O4. The van der Waals surface area contributed by atoms with Crippen LogP contribution in [0.25, 0.3) is 0 Å². The zero-order chi connectivity index (χ0) is 19.9. The fourth-order valence-electron chi connectivity index (χ4n) is 4.01. The number of cyclic esters (lactones) is 1. The Labute approximate surface area is 166 Å². The maximum Gasteiger partial charge on any atom is 0.313 e. The lowest BCUT2D eigenvalue weighted by atomic mass is 9.94. The van der Waals surface area contributed by atoms with Crippen LogP contribution in [-0.2, 0) is 19.1 Å². The highest BCUT2D eigenvalue weighted by molar-refractivity contribution is 5.76. The van der Waals surface area contributed by atoms with Gasteiger partial charge in [0.2, 0.25) is 0 Å². The van der Waals surface area contributed by atoms with Gasteiger partial charge in [-0.05, 0) is 13.3 Å². The van der Waals surface area contributed by atoms with Gasteiger partial charge in [0.05, 0.1) is 5.92 Å². The quantitative estimate of drug-likeness (QED) is 0.230. The first-order valence-corrected chi connectivity index (χ1v) is 11.4. The number of esters is 2. The molecule has 0 spiro atoms. The Morgan fingerprint density at radius 1 is 0.852 bits per heavy atom. The summed E-state index contributed by atoms with van der Waals surface area (Å²) in [7, 11) is 0. The molecule has 1 heterocycles. The predicted molar refractivity (Wildman–Crippen MR) is 110 cm³/mol. The molecule has 4 heteroatoms. The fourth-order valence-corrected chi connectivity index (χ4v) is 4.01. The number of carbonyl (C=O) groups is 2. The van der Waals surface area contributed by atoms with E-state index < -0.39 is 6.10 Å². The van der Waals surface area contributed by atoms with Gasteiger partial charge in [0.25, 0.3) is 0 Å². The van der Waals surface area contributed by atoms with Crippen molar-refractivity contribution in [3.63, 3.8) is 0 Å². The summed E-state index contributed by atoms with van der Waals surface area (Å²) in [5.41, 5.74) is 0. The van der Waals surface area contributed by atoms with Crippen molar-refractivity contribution in [2.45, 2.75) is 129 Å². The molecule has 27 heavy (non-hydrogen) atoms. The van der Waals surface area contributed by atoms with Crippen molar-refractivity contribution < 1.29 is 19.1 Å². The minimum absolute atomic E-state index is 0.205. The Bertz CT molecular complexity index is 407. The van der Waals surface area contributed by atoms with Crippen molar-refractivity contribution >= 4 is 11.9 Å². The molecule has 0 aliphatic carbocycles. The number of ether oxygens (including phenoxy) is 2. The second-order valence-corrected chi connectivity index (χ2v) is 8.21. The van der Waals surface area contributed by atoms with Crippen LogP contribution >= 0.6 is 0 Å². The lowest BCUT2D eigenvalue weighted by Crippen LogP contribution is -2.30. The summed E-state index contributed by atoms with van der Waals surface area (Å²) in [4.78, 5) is 23.1. The first-order chi connectivity index (χ1) is 13.1. The molecule has 0 radical (unpaired) electrons. The van der Waals surface area contributed by atoms with E-state index in [0.29, 0.717) is 0 Å². The molecule has 1 aliphatic heterocycles. The molecule has 1 saturated heterocycles. The smallest absolute Gasteiger partial charge is 0.313 e. The standard InChI is InChI=1S/C23H42O4/c1-4-5-6-7-8-9-10-11-12-13-14-15-16-17-18-21-22(27-20(3)24)19(2)26-23(21)25/h19,21-22H,4-18H2,1-3H3. The monoisotopic (exact) mass is 382 g/mol. The summed E-state index contributed by atoms with van der Waals surface area (Å²) < 4.78 is 10.5. The first-order valence-electron chi connectivity index (χ1n) is 11.4. The number of rotatable bonds is 16. The van der Waals surface area contributed by atoms with Crippen molar-refractivity contribution in [1.82, 2.24) is 0 Å². The van der Waals surface area contributed by atoms with Crippen molar-refractivity contribution in [3.8, 4) is 0 Å². The van der Waals surface area contributed by atoms with Crippen LogP contribution in [0.2, 0.25) is 0 Å². The van der Waals surface area contributed by atoms with Gasteiger partial charge in [-0.3, -0.25) is 9.59 Å². The number of unbranched alkanes of at least 4 members (excludes halogenated alkanes) is 13. The molecule has 1 rings (SSSR count). The molecule has 0 amide bonds. The van der Waals surface area contributed by atoms with Crippen LogP contribution in [0.5, 0.6) is 0 Å². The third-order valence-electron chi connectivity index (χ3n) is 5.63. The lowest BCUT2D eigenvalue weighted by molar-refractivity contribution is -0.150. The van der Waals surface area contributed by atoms with E-state index in [-0.39, 0.29) is 24.0 Å². The third-order valence-corrected chi connectivity index (χ3v) is 5.63. The van der Waals surface area contributed by atoms with Gasteiger partial charge >= 0.3 is 11.9 Å². The van der Waals surface area contributed by atoms with Crippen LogP contribution in [0.1, 0.15) is 117 Å². The molecule has 3 unspecified atom stereocenters. The van der Waals surface area contributed by atoms with Crippen LogP contribution in [0.3, 0.4) is 0 Å². The van der Waals surface area contributed by atoms with E-state index in [4.69, 9.17) is 9.47 Å². The van der Waals surface area contributed by atoms with Crippen LogP contribution < -0.4 is 0 Å². The fraction of sp³-hybridized carbons (Fsp3) is 0.913. The van der Waals surface area contributed by atoms with Crippen molar-refractivity contribution in [3.05, 3.63) is 0 Å². The molecule has 1 fully saturated rings. The van der Waals surface area contributed by atoms with Gasteiger partial charge in [0, 0.05) is 6.92 Å². The predicted octanol–water partition coefficient (Wildman–Crippen LogP) is 6.35. The van der Waals surface area contributed by atoms with Crippen LogP contribution in [0.4, 0.5) is 0 Å². The minimum Gasteiger partial charge on any atom is -0.458 e. The topological polar surface area (TPSA) is 52.6 Å². The van der Waals surface area contributed by atoms with Gasteiger partial charge < -0.3 is 9.47 Å². The molecule has 0 aromatic rings. The van der Waals surface area contributed by atoms with Crippen molar-refractivity contribution in [2.24, 2.45) is 5.92 Å². The largest absolute Gasteiger partial charge is 0.458 e. The molecule has 3 atom stereocenters. The average Bonchev–Trinajstić information content (AvgIpc) is 2.88. The van der Waals surface area contributed by atoms with Gasteiger partial charge in [0.1, 0.15) is 6.10 Å². The minimum atomic E-state index is -0.406.